The molecule has 0 spiro atoms. The van der Waals surface area contributed by atoms with Gasteiger partial charge >= 0.3 is 0 Å². The Balaban J connectivity index is 0. The Kier molecular flexibility index (Phi) is 8.18. The van der Waals surface area contributed by atoms with E-state index in [9.17, 15) is 0 Å². The number of rotatable bonds is 0. The quantitative estimate of drug-likeness (QED) is 0.525. The molecule has 0 atom stereocenters. The molecule has 0 heteroatoms. The van der Waals surface area contributed by atoms with E-state index in [-0.39, 0.29) is 7.43 Å². The van der Waals surface area contributed by atoms with Gasteiger partial charge in [0.25, 0.3) is 0 Å². The SMILES string of the molecule is C.C#Cc1cccc(C)c1C.CC. The van der Waals surface area contributed by atoms with E-state index in [2.05, 4.69) is 18.9 Å². The molecule has 0 N–H and O–H groups in total. The van der Waals surface area contributed by atoms with Gasteiger partial charge < -0.3 is 0 Å². The first-order chi connectivity index (χ1) is 5.75. The summed E-state index contributed by atoms with van der Waals surface area (Å²) < 4.78 is 0. The van der Waals surface area contributed by atoms with Gasteiger partial charge in [0.2, 0.25) is 0 Å². The molecule has 0 unspecified atom stereocenters. The van der Waals surface area contributed by atoms with Crippen LogP contribution in [-0.2, 0) is 0 Å². The topological polar surface area (TPSA) is 0 Å². The first-order valence-corrected chi connectivity index (χ1v) is 4.28. The van der Waals surface area contributed by atoms with Crippen LogP contribution in [0.25, 0.3) is 0 Å². The van der Waals surface area contributed by atoms with Crippen LogP contribution in [0.5, 0.6) is 0 Å². The van der Waals surface area contributed by atoms with Gasteiger partial charge in [0, 0.05) is 5.56 Å². The number of hydrogen-bond donors (Lipinski definition) is 0. The second-order valence-electron chi connectivity index (χ2n) is 2.39. The van der Waals surface area contributed by atoms with Crippen LogP contribution in [0.15, 0.2) is 18.2 Å². The maximum atomic E-state index is 5.27. The van der Waals surface area contributed by atoms with Gasteiger partial charge in [-0.25, -0.2) is 0 Å². The van der Waals surface area contributed by atoms with Crippen molar-refractivity contribution >= 4 is 0 Å². The van der Waals surface area contributed by atoms with Crippen LogP contribution in [0.1, 0.15) is 38.0 Å². The Bertz CT molecular complexity index is 277. The highest BCUT2D eigenvalue weighted by Crippen LogP contribution is 2.10. The van der Waals surface area contributed by atoms with Crippen molar-refractivity contribution in [3.8, 4) is 12.3 Å². The van der Waals surface area contributed by atoms with Crippen molar-refractivity contribution in [2.75, 3.05) is 0 Å². The molecule has 0 fully saturated rings. The summed E-state index contributed by atoms with van der Waals surface area (Å²) >= 11 is 0. The lowest BCUT2D eigenvalue weighted by molar-refractivity contribution is 1.32. The van der Waals surface area contributed by atoms with Crippen molar-refractivity contribution in [1.82, 2.24) is 0 Å². The smallest absolute Gasteiger partial charge is 0.0274 e. The Morgan fingerprint density at radius 3 is 2.08 bits per heavy atom. The lowest BCUT2D eigenvalue weighted by Gasteiger charge is -2.00. The van der Waals surface area contributed by atoms with Crippen LogP contribution in [-0.4, -0.2) is 0 Å². The summed E-state index contributed by atoms with van der Waals surface area (Å²) in [5.41, 5.74) is 3.47. The molecule has 13 heavy (non-hydrogen) atoms. The summed E-state index contributed by atoms with van der Waals surface area (Å²) in [7, 11) is 0. The fourth-order valence-corrected chi connectivity index (χ4v) is 0.907. The Labute approximate surface area is 83.0 Å². The maximum absolute atomic E-state index is 5.27. The zero-order valence-corrected chi connectivity index (χ0v) is 8.31. The van der Waals surface area contributed by atoms with Crippen molar-refractivity contribution in [1.29, 1.82) is 0 Å². The van der Waals surface area contributed by atoms with Crippen molar-refractivity contribution in [2.45, 2.75) is 35.1 Å². The Hall–Kier alpha value is -1.22. The Morgan fingerprint density at radius 1 is 1.15 bits per heavy atom. The zero-order valence-electron chi connectivity index (χ0n) is 8.31. The lowest BCUT2D eigenvalue weighted by atomic mass is 10.0. The fourth-order valence-electron chi connectivity index (χ4n) is 0.907. The van der Waals surface area contributed by atoms with Gasteiger partial charge in [0.1, 0.15) is 0 Å². The second kappa shape index (κ2) is 7.43. The van der Waals surface area contributed by atoms with Crippen LogP contribution in [0.4, 0.5) is 0 Å². The standard InChI is InChI=1S/C10H10.C2H6.CH4/c1-4-10-7-5-6-8(2)9(10)3;1-2;/h1,5-7H,2-3H3;1-2H3;1H4. The molecule has 0 aromatic heterocycles. The van der Waals surface area contributed by atoms with E-state index < -0.39 is 0 Å². The minimum absolute atomic E-state index is 0. The van der Waals surface area contributed by atoms with Crippen molar-refractivity contribution in [3.63, 3.8) is 0 Å². The average molecular weight is 176 g/mol. The number of benzene rings is 1. The zero-order chi connectivity index (χ0) is 9.56. The van der Waals surface area contributed by atoms with Gasteiger partial charge in [-0.3, -0.25) is 0 Å². The molecule has 0 aliphatic carbocycles. The molecule has 0 aliphatic rings. The van der Waals surface area contributed by atoms with E-state index in [4.69, 9.17) is 6.42 Å². The number of terminal acetylenes is 1. The molecule has 0 radical (unpaired) electrons. The predicted molar refractivity (Wildman–Crippen MR) is 61.9 cm³/mol. The van der Waals surface area contributed by atoms with E-state index in [1.54, 1.807) is 0 Å². The largest absolute Gasteiger partial charge is 0.115 e. The average Bonchev–Trinajstić information content (AvgIpc) is 2.13. The first kappa shape index (κ1) is 14.3. The lowest BCUT2D eigenvalue weighted by Crippen LogP contribution is -1.84. The minimum atomic E-state index is 0. The third-order valence-electron chi connectivity index (χ3n) is 1.76. The van der Waals surface area contributed by atoms with Gasteiger partial charge in [-0.2, -0.15) is 0 Å². The van der Waals surface area contributed by atoms with Gasteiger partial charge in [-0.15, -0.1) is 6.42 Å². The molecule has 0 bridgehead atoms. The maximum Gasteiger partial charge on any atom is 0.0274 e. The van der Waals surface area contributed by atoms with E-state index in [0.29, 0.717) is 0 Å². The van der Waals surface area contributed by atoms with Crippen LogP contribution < -0.4 is 0 Å². The summed E-state index contributed by atoms with van der Waals surface area (Å²) in [6.07, 6.45) is 5.27. The normalized spacial score (nSPS) is 7.31. The van der Waals surface area contributed by atoms with Crippen LogP contribution in [0.2, 0.25) is 0 Å². The van der Waals surface area contributed by atoms with E-state index >= 15 is 0 Å². The van der Waals surface area contributed by atoms with Crippen LogP contribution in [0.3, 0.4) is 0 Å². The van der Waals surface area contributed by atoms with Gasteiger partial charge in [0.05, 0.1) is 0 Å². The highest BCUT2D eigenvalue weighted by Gasteiger charge is 1.94. The summed E-state index contributed by atoms with van der Waals surface area (Å²) in [6, 6.07) is 6.01. The van der Waals surface area contributed by atoms with E-state index in [1.807, 2.05) is 32.9 Å². The molecule has 1 aromatic carbocycles. The number of hydrogen-bond acceptors (Lipinski definition) is 0. The summed E-state index contributed by atoms with van der Waals surface area (Å²) in [5, 5.41) is 0. The predicted octanol–water partition coefficient (Wildman–Crippen LogP) is 3.95. The highest BCUT2D eigenvalue weighted by atomic mass is 14.0. The van der Waals surface area contributed by atoms with Crippen molar-refractivity contribution < 1.29 is 0 Å². The summed E-state index contributed by atoms with van der Waals surface area (Å²) in [4.78, 5) is 0. The van der Waals surface area contributed by atoms with Crippen molar-refractivity contribution in [3.05, 3.63) is 34.9 Å². The third-order valence-corrected chi connectivity index (χ3v) is 1.76. The number of aryl methyl sites for hydroxylation is 1. The molecule has 72 valence electrons. The molecule has 0 amide bonds. The minimum Gasteiger partial charge on any atom is -0.115 e. The molecule has 0 nitrogen and oxygen atoms in total. The van der Waals surface area contributed by atoms with E-state index in [1.165, 1.54) is 11.1 Å². The molecular weight excluding hydrogens is 156 g/mol. The molecular formula is C13H20. The molecule has 1 rings (SSSR count). The molecule has 0 saturated carbocycles. The third kappa shape index (κ3) is 3.80. The van der Waals surface area contributed by atoms with Crippen LogP contribution >= 0.6 is 0 Å². The fraction of sp³-hybridized carbons (Fsp3) is 0.385. The first-order valence-electron chi connectivity index (χ1n) is 4.28. The second-order valence-corrected chi connectivity index (χ2v) is 2.39. The monoisotopic (exact) mass is 176 g/mol. The van der Waals surface area contributed by atoms with E-state index in [0.717, 1.165) is 5.56 Å². The Morgan fingerprint density at radius 2 is 1.69 bits per heavy atom. The molecule has 0 heterocycles. The summed E-state index contributed by atoms with van der Waals surface area (Å²) in [6.45, 7) is 8.11. The van der Waals surface area contributed by atoms with Gasteiger partial charge in [-0.05, 0) is 31.0 Å². The van der Waals surface area contributed by atoms with Gasteiger partial charge in [-0.1, -0.05) is 39.3 Å². The van der Waals surface area contributed by atoms with Gasteiger partial charge in [0.15, 0.2) is 0 Å². The molecule has 0 aliphatic heterocycles. The molecule has 0 saturated heterocycles. The summed E-state index contributed by atoms with van der Waals surface area (Å²) in [5.74, 6) is 2.64. The van der Waals surface area contributed by atoms with Crippen LogP contribution in [0, 0.1) is 26.2 Å². The molecule has 1 aromatic rings. The van der Waals surface area contributed by atoms with Crippen molar-refractivity contribution in [2.24, 2.45) is 0 Å². The highest BCUT2D eigenvalue weighted by molar-refractivity contribution is 5.42.